The maximum absolute atomic E-state index is 12.6. The van der Waals surface area contributed by atoms with E-state index in [9.17, 15) is 18.0 Å². The second-order valence-corrected chi connectivity index (χ2v) is 3.81. The highest BCUT2D eigenvalue weighted by atomic mass is 35.5. The van der Waals surface area contributed by atoms with E-state index in [4.69, 9.17) is 10.5 Å². The summed E-state index contributed by atoms with van der Waals surface area (Å²) in [6, 6.07) is 3.22. The summed E-state index contributed by atoms with van der Waals surface area (Å²) in [5, 5.41) is 2.34. The molecule has 0 aliphatic heterocycles. The van der Waals surface area contributed by atoms with Crippen LogP contribution in [0.4, 0.5) is 18.9 Å². The number of carbonyl (C=O) groups excluding carboxylic acids is 1. The number of alkyl halides is 3. The Kier molecular flexibility index (Phi) is 7.55. The van der Waals surface area contributed by atoms with Crippen LogP contribution in [-0.2, 0) is 22.3 Å². The molecule has 1 amide bonds. The summed E-state index contributed by atoms with van der Waals surface area (Å²) in [4.78, 5) is 11.4. The van der Waals surface area contributed by atoms with Crippen LogP contribution in [0.25, 0.3) is 0 Å². The lowest BCUT2D eigenvalue weighted by atomic mass is 10.1. The minimum absolute atomic E-state index is 0. The SMILES string of the molecule is CCOCC(=O)Nc1cc(CN)cc(C(F)(F)F)c1.Cl. The third-order valence-electron chi connectivity index (χ3n) is 2.28. The van der Waals surface area contributed by atoms with Crippen LogP contribution in [0.15, 0.2) is 18.2 Å². The van der Waals surface area contributed by atoms with Gasteiger partial charge in [-0.25, -0.2) is 0 Å². The third kappa shape index (κ3) is 5.77. The molecule has 0 aliphatic rings. The van der Waals surface area contributed by atoms with Gasteiger partial charge >= 0.3 is 6.18 Å². The largest absolute Gasteiger partial charge is 0.416 e. The Hall–Kier alpha value is -1.31. The highest BCUT2D eigenvalue weighted by molar-refractivity contribution is 5.91. The third-order valence-corrected chi connectivity index (χ3v) is 2.28. The number of benzene rings is 1. The molecule has 1 aromatic rings. The van der Waals surface area contributed by atoms with Crippen molar-refractivity contribution in [1.82, 2.24) is 0 Å². The average Bonchev–Trinajstić information content (AvgIpc) is 2.34. The van der Waals surface area contributed by atoms with Gasteiger partial charge in [0.05, 0.1) is 5.56 Å². The van der Waals surface area contributed by atoms with Crippen LogP contribution in [-0.4, -0.2) is 19.1 Å². The number of rotatable bonds is 5. The van der Waals surface area contributed by atoms with E-state index in [1.807, 2.05) is 0 Å². The summed E-state index contributed by atoms with van der Waals surface area (Å²) in [6.07, 6.45) is -4.48. The number of ether oxygens (including phenoxy) is 1. The number of hydrogen-bond acceptors (Lipinski definition) is 3. The van der Waals surface area contributed by atoms with Gasteiger partial charge in [0.1, 0.15) is 6.61 Å². The van der Waals surface area contributed by atoms with Gasteiger partial charge < -0.3 is 15.8 Å². The molecule has 20 heavy (non-hydrogen) atoms. The molecular weight excluding hydrogens is 297 g/mol. The second-order valence-electron chi connectivity index (χ2n) is 3.81. The van der Waals surface area contributed by atoms with Gasteiger partial charge in [0.15, 0.2) is 0 Å². The van der Waals surface area contributed by atoms with Gasteiger partial charge in [-0.3, -0.25) is 4.79 Å². The standard InChI is InChI=1S/C12H15F3N2O2.ClH/c1-2-19-7-11(18)17-10-4-8(6-16)3-9(5-10)12(13,14)15;/h3-5H,2,6-7,16H2,1H3,(H,17,18);1H. The van der Waals surface area contributed by atoms with Crippen LogP contribution in [0.3, 0.4) is 0 Å². The van der Waals surface area contributed by atoms with E-state index in [1.54, 1.807) is 6.92 Å². The molecule has 1 rings (SSSR count). The van der Waals surface area contributed by atoms with Crippen molar-refractivity contribution in [3.63, 3.8) is 0 Å². The van der Waals surface area contributed by atoms with E-state index >= 15 is 0 Å². The summed E-state index contributed by atoms with van der Waals surface area (Å²) in [5.74, 6) is -0.510. The Labute approximate surface area is 120 Å². The van der Waals surface area contributed by atoms with E-state index in [1.165, 1.54) is 6.07 Å². The molecule has 0 aromatic heterocycles. The van der Waals surface area contributed by atoms with Gasteiger partial charge in [-0.15, -0.1) is 12.4 Å². The summed E-state index contributed by atoms with van der Waals surface area (Å²) in [7, 11) is 0. The van der Waals surface area contributed by atoms with Crippen LogP contribution in [0.5, 0.6) is 0 Å². The fourth-order valence-electron chi connectivity index (χ4n) is 1.44. The van der Waals surface area contributed by atoms with Gasteiger partial charge in [-0.2, -0.15) is 13.2 Å². The van der Waals surface area contributed by atoms with E-state index in [0.717, 1.165) is 12.1 Å². The number of nitrogens with one attached hydrogen (secondary N) is 1. The molecule has 3 N–H and O–H groups in total. The molecule has 0 spiro atoms. The molecule has 0 radical (unpaired) electrons. The average molecular weight is 313 g/mol. The molecule has 0 fully saturated rings. The fourth-order valence-corrected chi connectivity index (χ4v) is 1.44. The maximum Gasteiger partial charge on any atom is 0.416 e. The van der Waals surface area contributed by atoms with Crippen LogP contribution < -0.4 is 11.1 Å². The highest BCUT2D eigenvalue weighted by Gasteiger charge is 2.31. The molecule has 1 aromatic carbocycles. The molecule has 0 heterocycles. The number of anilines is 1. The van der Waals surface area contributed by atoms with Crippen LogP contribution in [0.2, 0.25) is 0 Å². The maximum atomic E-state index is 12.6. The number of carbonyl (C=O) groups is 1. The summed E-state index contributed by atoms with van der Waals surface area (Å²) < 4.78 is 42.8. The van der Waals surface area contributed by atoms with Gasteiger partial charge in [-0.05, 0) is 30.7 Å². The molecule has 0 bridgehead atoms. The van der Waals surface area contributed by atoms with Gasteiger partial charge in [0, 0.05) is 18.8 Å². The molecule has 114 valence electrons. The van der Waals surface area contributed by atoms with E-state index in [0.29, 0.717) is 12.2 Å². The Morgan fingerprint density at radius 1 is 1.35 bits per heavy atom. The van der Waals surface area contributed by atoms with Gasteiger partial charge in [0.2, 0.25) is 5.91 Å². The summed E-state index contributed by atoms with van der Waals surface area (Å²) >= 11 is 0. The summed E-state index contributed by atoms with van der Waals surface area (Å²) in [5.41, 5.74) is 4.84. The van der Waals surface area contributed by atoms with Crippen molar-refractivity contribution in [2.75, 3.05) is 18.5 Å². The summed E-state index contributed by atoms with van der Waals surface area (Å²) in [6.45, 7) is 1.82. The van der Waals surface area contributed by atoms with Crippen molar-refractivity contribution < 1.29 is 22.7 Å². The molecular formula is C12H16ClF3N2O2. The molecule has 0 saturated carbocycles. The van der Waals surface area contributed by atoms with Crippen molar-refractivity contribution >= 4 is 24.0 Å². The first kappa shape index (κ1) is 18.7. The first-order valence-corrected chi connectivity index (χ1v) is 5.65. The quantitative estimate of drug-likeness (QED) is 0.878. The molecule has 8 heteroatoms. The van der Waals surface area contributed by atoms with Crippen molar-refractivity contribution in [2.24, 2.45) is 5.73 Å². The molecule has 0 atom stereocenters. The lowest BCUT2D eigenvalue weighted by Crippen LogP contribution is -2.19. The van der Waals surface area contributed by atoms with Gasteiger partial charge in [0.25, 0.3) is 0 Å². The van der Waals surface area contributed by atoms with E-state index in [2.05, 4.69) is 5.32 Å². The number of nitrogens with two attached hydrogens (primary N) is 1. The predicted molar refractivity (Wildman–Crippen MR) is 71.7 cm³/mol. The first-order chi connectivity index (χ1) is 8.86. The van der Waals surface area contributed by atoms with Crippen LogP contribution >= 0.6 is 12.4 Å². The van der Waals surface area contributed by atoms with Crippen molar-refractivity contribution in [3.05, 3.63) is 29.3 Å². The van der Waals surface area contributed by atoms with Crippen molar-refractivity contribution in [3.8, 4) is 0 Å². The minimum atomic E-state index is -4.48. The van der Waals surface area contributed by atoms with Crippen LogP contribution in [0.1, 0.15) is 18.1 Å². The smallest absolute Gasteiger partial charge is 0.372 e. The predicted octanol–water partition coefficient (Wildman–Crippen LogP) is 2.56. The monoisotopic (exact) mass is 312 g/mol. The van der Waals surface area contributed by atoms with Crippen molar-refractivity contribution in [2.45, 2.75) is 19.6 Å². The highest BCUT2D eigenvalue weighted by Crippen LogP contribution is 2.31. The zero-order valence-corrected chi connectivity index (χ0v) is 11.6. The Balaban J connectivity index is 0.00000361. The van der Waals surface area contributed by atoms with E-state index in [-0.39, 0.29) is 31.2 Å². The van der Waals surface area contributed by atoms with E-state index < -0.39 is 17.6 Å². The van der Waals surface area contributed by atoms with Crippen LogP contribution in [0, 0.1) is 0 Å². The molecule has 4 nitrogen and oxygen atoms in total. The van der Waals surface area contributed by atoms with Gasteiger partial charge in [-0.1, -0.05) is 0 Å². The Morgan fingerprint density at radius 2 is 2.00 bits per heavy atom. The lowest BCUT2D eigenvalue weighted by Gasteiger charge is -2.12. The lowest BCUT2D eigenvalue weighted by molar-refractivity contribution is -0.137. The zero-order valence-electron chi connectivity index (χ0n) is 10.8. The normalized spacial score (nSPS) is 10.8. The molecule has 0 saturated heterocycles. The topological polar surface area (TPSA) is 64.3 Å². The number of halogens is 4. The minimum Gasteiger partial charge on any atom is -0.372 e. The van der Waals surface area contributed by atoms with Crippen molar-refractivity contribution in [1.29, 1.82) is 0 Å². The first-order valence-electron chi connectivity index (χ1n) is 5.65. The number of amides is 1. The number of hydrogen-bond donors (Lipinski definition) is 2. The molecule has 0 unspecified atom stereocenters. The Morgan fingerprint density at radius 3 is 2.50 bits per heavy atom. The fraction of sp³-hybridized carbons (Fsp3) is 0.417. The Bertz CT molecular complexity index is 453. The molecule has 0 aliphatic carbocycles. The second kappa shape index (κ2) is 8.08. The zero-order chi connectivity index (χ0) is 14.5.